The van der Waals surface area contributed by atoms with Gasteiger partial charge in [0, 0.05) is 0 Å². The van der Waals surface area contributed by atoms with Crippen molar-refractivity contribution in [3.63, 3.8) is 0 Å². The number of benzene rings is 2. The van der Waals surface area contributed by atoms with E-state index in [9.17, 15) is 23.1 Å². The van der Waals surface area contributed by atoms with Crippen molar-refractivity contribution in [3.8, 4) is 0 Å². The Hall–Kier alpha value is -2.05. The van der Waals surface area contributed by atoms with Crippen LogP contribution in [0.25, 0.3) is 0 Å². The van der Waals surface area contributed by atoms with Gasteiger partial charge in [-0.1, -0.05) is 23.7 Å². The topological polar surface area (TPSA) is 49.3 Å². The Bertz CT molecular complexity index is 722. The van der Waals surface area contributed by atoms with E-state index >= 15 is 0 Å². The molecule has 2 unspecified atom stereocenters. The molecular weight excluding hydrogens is 331 g/mol. The maximum Gasteiger partial charge on any atom is 0.253 e. The SMILES string of the molecule is CC(NC(=O)c1cc(F)c(F)cc1Cl)C(O)c1ccc(F)cc1. The van der Waals surface area contributed by atoms with Crippen molar-refractivity contribution in [3.05, 3.63) is 70.0 Å². The molecule has 0 aromatic heterocycles. The first-order chi connectivity index (χ1) is 10.8. The van der Waals surface area contributed by atoms with Gasteiger partial charge in [0.1, 0.15) is 5.82 Å². The van der Waals surface area contributed by atoms with Crippen LogP contribution in [0.3, 0.4) is 0 Å². The molecule has 7 heteroatoms. The number of aliphatic hydroxyl groups is 1. The van der Waals surface area contributed by atoms with Crippen molar-refractivity contribution < 1.29 is 23.1 Å². The minimum atomic E-state index is -1.20. The first-order valence-electron chi connectivity index (χ1n) is 6.68. The second-order valence-corrected chi connectivity index (χ2v) is 5.41. The summed E-state index contributed by atoms with van der Waals surface area (Å²) in [5.41, 5.74) is 0.152. The van der Waals surface area contributed by atoms with Crippen molar-refractivity contribution in [2.75, 3.05) is 0 Å². The van der Waals surface area contributed by atoms with Crippen LogP contribution in [0.1, 0.15) is 28.9 Å². The van der Waals surface area contributed by atoms with Crippen LogP contribution in [0.4, 0.5) is 13.2 Å². The van der Waals surface area contributed by atoms with Crippen molar-refractivity contribution in [1.29, 1.82) is 0 Å². The number of carbonyl (C=O) groups is 1. The van der Waals surface area contributed by atoms with E-state index in [0.29, 0.717) is 17.7 Å². The van der Waals surface area contributed by atoms with Crippen molar-refractivity contribution in [2.45, 2.75) is 19.1 Å². The molecule has 122 valence electrons. The molecule has 0 aliphatic rings. The Labute approximate surface area is 135 Å². The number of aliphatic hydroxyl groups excluding tert-OH is 1. The van der Waals surface area contributed by atoms with Crippen molar-refractivity contribution in [2.24, 2.45) is 0 Å². The molecule has 3 nitrogen and oxygen atoms in total. The average molecular weight is 344 g/mol. The number of amides is 1. The van der Waals surface area contributed by atoms with Crippen molar-refractivity contribution >= 4 is 17.5 Å². The van der Waals surface area contributed by atoms with Gasteiger partial charge in [0.2, 0.25) is 0 Å². The van der Waals surface area contributed by atoms with Crippen LogP contribution in [0, 0.1) is 17.5 Å². The lowest BCUT2D eigenvalue weighted by Crippen LogP contribution is -2.37. The Morgan fingerprint density at radius 1 is 1.13 bits per heavy atom. The molecule has 2 aromatic rings. The lowest BCUT2D eigenvalue weighted by Gasteiger charge is -2.21. The maximum absolute atomic E-state index is 13.2. The molecule has 2 aromatic carbocycles. The van der Waals surface area contributed by atoms with Crippen LogP contribution < -0.4 is 5.32 Å². The number of nitrogens with one attached hydrogen (secondary N) is 1. The zero-order valence-electron chi connectivity index (χ0n) is 12.0. The summed E-state index contributed by atoms with van der Waals surface area (Å²) in [7, 11) is 0. The van der Waals surface area contributed by atoms with Crippen molar-refractivity contribution in [1.82, 2.24) is 5.32 Å². The molecule has 2 rings (SSSR count). The zero-order valence-corrected chi connectivity index (χ0v) is 12.7. The lowest BCUT2D eigenvalue weighted by molar-refractivity contribution is 0.0851. The van der Waals surface area contributed by atoms with Gasteiger partial charge in [0.15, 0.2) is 11.6 Å². The molecule has 2 atom stereocenters. The quantitative estimate of drug-likeness (QED) is 0.833. The number of carbonyl (C=O) groups excluding carboxylic acids is 1. The monoisotopic (exact) mass is 343 g/mol. The van der Waals surface area contributed by atoms with Crippen LogP contribution in [-0.2, 0) is 0 Å². The first kappa shape index (κ1) is 17.3. The maximum atomic E-state index is 13.2. The van der Waals surface area contributed by atoms with E-state index in [1.165, 1.54) is 31.2 Å². The van der Waals surface area contributed by atoms with Gasteiger partial charge in [-0.25, -0.2) is 13.2 Å². The molecule has 0 spiro atoms. The van der Waals surface area contributed by atoms with E-state index in [2.05, 4.69) is 5.32 Å². The third kappa shape index (κ3) is 4.03. The fraction of sp³-hybridized carbons (Fsp3) is 0.188. The molecule has 0 saturated heterocycles. The van der Waals surface area contributed by atoms with Gasteiger partial charge in [-0.3, -0.25) is 4.79 Å². The van der Waals surface area contributed by atoms with Crippen LogP contribution in [0.2, 0.25) is 5.02 Å². The normalized spacial score (nSPS) is 13.5. The van der Waals surface area contributed by atoms with E-state index in [0.717, 1.165) is 0 Å². The van der Waals surface area contributed by atoms with Crippen LogP contribution in [-0.4, -0.2) is 17.1 Å². The Morgan fingerprint density at radius 2 is 1.70 bits per heavy atom. The molecule has 0 radical (unpaired) electrons. The van der Waals surface area contributed by atoms with Crippen LogP contribution >= 0.6 is 11.6 Å². The third-order valence-electron chi connectivity index (χ3n) is 3.30. The first-order valence-corrected chi connectivity index (χ1v) is 7.06. The standard InChI is InChI=1S/C16H13ClF3NO2/c1-8(15(22)9-2-4-10(18)5-3-9)21-16(23)11-6-13(19)14(20)7-12(11)17/h2-8,15,22H,1H3,(H,21,23). The number of halogens is 4. The zero-order chi connectivity index (χ0) is 17.1. The molecular formula is C16H13ClF3NO2. The minimum Gasteiger partial charge on any atom is -0.386 e. The highest BCUT2D eigenvalue weighted by Gasteiger charge is 2.21. The van der Waals surface area contributed by atoms with Gasteiger partial charge in [-0.2, -0.15) is 0 Å². The third-order valence-corrected chi connectivity index (χ3v) is 3.61. The largest absolute Gasteiger partial charge is 0.386 e. The fourth-order valence-electron chi connectivity index (χ4n) is 2.01. The molecule has 23 heavy (non-hydrogen) atoms. The van der Waals surface area contributed by atoms with Gasteiger partial charge in [-0.05, 0) is 36.8 Å². The highest BCUT2D eigenvalue weighted by Crippen LogP contribution is 2.22. The van der Waals surface area contributed by atoms with E-state index in [1.54, 1.807) is 0 Å². The lowest BCUT2D eigenvalue weighted by atomic mass is 10.0. The summed E-state index contributed by atoms with van der Waals surface area (Å²) in [5, 5.41) is 12.3. The summed E-state index contributed by atoms with van der Waals surface area (Å²) in [6.45, 7) is 1.51. The summed E-state index contributed by atoms with van der Waals surface area (Å²) in [4.78, 5) is 12.1. The van der Waals surface area contributed by atoms with E-state index in [4.69, 9.17) is 11.6 Å². The van der Waals surface area contributed by atoms with Gasteiger partial charge >= 0.3 is 0 Å². The van der Waals surface area contributed by atoms with E-state index in [-0.39, 0.29) is 10.6 Å². The molecule has 0 aliphatic heterocycles. The molecule has 0 fully saturated rings. The molecule has 0 saturated carbocycles. The highest BCUT2D eigenvalue weighted by atomic mass is 35.5. The average Bonchev–Trinajstić information content (AvgIpc) is 2.50. The molecule has 1 amide bonds. The van der Waals surface area contributed by atoms with Crippen LogP contribution in [0.15, 0.2) is 36.4 Å². The Kier molecular flexibility index (Phi) is 5.28. The minimum absolute atomic E-state index is 0.245. The predicted molar refractivity (Wildman–Crippen MR) is 79.7 cm³/mol. The summed E-state index contributed by atoms with van der Waals surface area (Å²) >= 11 is 5.72. The summed E-state index contributed by atoms with van der Waals surface area (Å²) in [5.74, 6) is -3.58. The van der Waals surface area contributed by atoms with Gasteiger partial charge in [0.25, 0.3) is 5.91 Å². The molecule has 0 aliphatic carbocycles. The summed E-state index contributed by atoms with van der Waals surface area (Å²) < 4.78 is 39.1. The number of rotatable bonds is 4. The highest BCUT2D eigenvalue weighted by molar-refractivity contribution is 6.33. The summed E-state index contributed by atoms with van der Waals surface area (Å²) in [6, 6.07) is 5.74. The number of hydrogen-bond donors (Lipinski definition) is 2. The van der Waals surface area contributed by atoms with E-state index < -0.39 is 35.5 Å². The summed E-state index contributed by atoms with van der Waals surface area (Å²) in [6.07, 6.45) is -1.11. The second-order valence-electron chi connectivity index (χ2n) is 5.00. The molecule has 0 bridgehead atoms. The molecule has 0 heterocycles. The van der Waals surface area contributed by atoms with E-state index in [1.807, 2.05) is 0 Å². The predicted octanol–water partition coefficient (Wildman–Crippen LogP) is 3.61. The Morgan fingerprint density at radius 3 is 2.30 bits per heavy atom. The van der Waals surface area contributed by atoms with Gasteiger partial charge in [-0.15, -0.1) is 0 Å². The second kappa shape index (κ2) is 7.02. The smallest absolute Gasteiger partial charge is 0.253 e. The van der Waals surface area contributed by atoms with Gasteiger partial charge < -0.3 is 10.4 Å². The van der Waals surface area contributed by atoms with Gasteiger partial charge in [0.05, 0.1) is 22.7 Å². The van der Waals surface area contributed by atoms with Crippen LogP contribution in [0.5, 0.6) is 0 Å². The Balaban J connectivity index is 2.13. The molecule has 2 N–H and O–H groups in total. The number of hydrogen-bond acceptors (Lipinski definition) is 2. The fourth-order valence-corrected chi connectivity index (χ4v) is 2.24.